The monoisotopic (exact) mass is 282 g/mol. The molecule has 0 spiro atoms. The van der Waals surface area contributed by atoms with Crippen molar-refractivity contribution in [3.8, 4) is 0 Å². The summed E-state index contributed by atoms with van der Waals surface area (Å²) in [6.07, 6.45) is 2.99. The Labute approximate surface area is 121 Å². The topological polar surface area (TPSA) is 24.5 Å². The van der Waals surface area contributed by atoms with Crippen molar-refractivity contribution in [3.63, 3.8) is 0 Å². The van der Waals surface area contributed by atoms with Crippen LogP contribution in [-0.4, -0.2) is 43.8 Å². The summed E-state index contributed by atoms with van der Waals surface area (Å²) < 4.78 is 5.79. The zero-order valence-electron chi connectivity index (χ0n) is 12.4. The van der Waals surface area contributed by atoms with E-state index in [0.29, 0.717) is 24.3 Å². The van der Waals surface area contributed by atoms with Crippen LogP contribution in [0.2, 0.25) is 0 Å². The molecule has 2 heterocycles. The molecule has 3 atom stereocenters. The fraction of sp³-hybridized carbons (Fsp3) is 0.733. The second kappa shape index (κ2) is 6.84. The van der Waals surface area contributed by atoms with Crippen LogP contribution in [0.5, 0.6) is 0 Å². The van der Waals surface area contributed by atoms with Gasteiger partial charge in [0.05, 0.1) is 18.2 Å². The van der Waals surface area contributed by atoms with Crippen LogP contribution in [0.4, 0.5) is 0 Å². The molecule has 1 aromatic rings. The molecule has 1 aromatic heterocycles. The summed E-state index contributed by atoms with van der Waals surface area (Å²) in [5.41, 5.74) is 0. The molecule has 0 aliphatic carbocycles. The lowest BCUT2D eigenvalue weighted by Gasteiger charge is -2.34. The van der Waals surface area contributed by atoms with E-state index in [9.17, 15) is 0 Å². The van der Waals surface area contributed by atoms with Gasteiger partial charge in [0.2, 0.25) is 0 Å². The van der Waals surface area contributed by atoms with E-state index in [2.05, 4.69) is 55.7 Å². The maximum Gasteiger partial charge on any atom is 0.0565 e. The van der Waals surface area contributed by atoms with Crippen molar-refractivity contribution >= 4 is 11.3 Å². The highest BCUT2D eigenvalue weighted by Crippen LogP contribution is 2.24. The zero-order chi connectivity index (χ0) is 13.8. The molecule has 1 aliphatic heterocycles. The lowest BCUT2D eigenvalue weighted by molar-refractivity contribution is -0.0426. The average molecular weight is 282 g/mol. The van der Waals surface area contributed by atoms with Gasteiger partial charge in [-0.3, -0.25) is 0 Å². The van der Waals surface area contributed by atoms with Gasteiger partial charge < -0.3 is 15.0 Å². The first-order chi connectivity index (χ1) is 9.06. The summed E-state index contributed by atoms with van der Waals surface area (Å²) in [6, 6.07) is 5.41. The summed E-state index contributed by atoms with van der Waals surface area (Å²) in [5, 5.41) is 5.89. The number of hydrogen-bond donors (Lipinski definition) is 1. The molecule has 1 fully saturated rings. The maximum absolute atomic E-state index is 5.79. The van der Waals surface area contributed by atoms with Crippen molar-refractivity contribution in [2.45, 2.75) is 51.0 Å². The van der Waals surface area contributed by atoms with Crippen LogP contribution in [0.1, 0.15) is 37.6 Å². The summed E-state index contributed by atoms with van der Waals surface area (Å²) in [4.78, 5) is 3.73. The second-order valence-corrected chi connectivity index (χ2v) is 6.81. The molecule has 108 valence electrons. The van der Waals surface area contributed by atoms with Crippen molar-refractivity contribution < 1.29 is 4.74 Å². The molecule has 0 amide bonds. The van der Waals surface area contributed by atoms with Crippen molar-refractivity contribution in [3.05, 3.63) is 22.4 Å². The van der Waals surface area contributed by atoms with Gasteiger partial charge in [0, 0.05) is 17.5 Å². The van der Waals surface area contributed by atoms with E-state index in [1.807, 2.05) is 11.3 Å². The molecule has 1 aliphatic rings. The van der Waals surface area contributed by atoms with E-state index in [1.54, 1.807) is 0 Å². The Morgan fingerprint density at radius 3 is 2.58 bits per heavy atom. The minimum atomic E-state index is 0.376. The molecular formula is C15H26N2OS. The number of hydrogen-bond acceptors (Lipinski definition) is 4. The van der Waals surface area contributed by atoms with E-state index in [-0.39, 0.29) is 0 Å². The lowest BCUT2D eigenvalue weighted by atomic mass is 9.99. The Kier molecular flexibility index (Phi) is 5.39. The highest BCUT2D eigenvalue weighted by atomic mass is 32.1. The molecule has 2 rings (SSSR count). The van der Waals surface area contributed by atoms with Gasteiger partial charge in [-0.25, -0.2) is 0 Å². The minimum absolute atomic E-state index is 0.376. The number of ether oxygens (including phenoxy) is 1. The zero-order valence-corrected chi connectivity index (χ0v) is 13.2. The van der Waals surface area contributed by atoms with E-state index in [0.717, 1.165) is 19.4 Å². The SMILES string of the molecule is CC1CC(NCC(c2cccs2)N(C)C)CC(C)O1. The largest absolute Gasteiger partial charge is 0.375 e. The van der Waals surface area contributed by atoms with Crippen LogP contribution in [-0.2, 0) is 4.74 Å². The Balaban J connectivity index is 1.89. The van der Waals surface area contributed by atoms with Gasteiger partial charge in [0.15, 0.2) is 0 Å². The Hall–Kier alpha value is -0.420. The van der Waals surface area contributed by atoms with E-state index in [1.165, 1.54) is 4.88 Å². The van der Waals surface area contributed by atoms with E-state index in [4.69, 9.17) is 4.74 Å². The standard InChI is InChI=1S/C15H26N2OS/c1-11-8-13(9-12(2)18-11)16-10-14(17(3)4)15-6-5-7-19-15/h5-7,11-14,16H,8-10H2,1-4H3. The van der Waals surface area contributed by atoms with Gasteiger partial charge in [0.1, 0.15) is 0 Å². The molecule has 3 nitrogen and oxygen atoms in total. The Bertz CT molecular complexity index is 356. The summed E-state index contributed by atoms with van der Waals surface area (Å²) >= 11 is 1.84. The predicted molar refractivity (Wildman–Crippen MR) is 81.8 cm³/mol. The van der Waals surface area contributed by atoms with E-state index < -0.39 is 0 Å². The predicted octanol–water partition coefficient (Wildman–Crippen LogP) is 2.90. The van der Waals surface area contributed by atoms with E-state index >= 15 is 0 Å². The van der Waals surface area contributed by atoms with Gasteiger partial charge in [-0.05, 0) is 52.2 Å². The van der Waals surface area contributed by atoms with Crippen LogP contribution in [0.15, 0.2) is 17.5 Å². The molecule has 19 heavy (non-hydrogen) atoms. The maximum atomic E-state index is 5.79. The third kappa shape index (κ3) is 4.28. The summed E-state index contributed by atoms with van der Waals surface area (Å²) in [6.45, 7) is 5.36. The fourth-order valence-corrected chi connectivity index (χ4v) is 3.79. The normalized spacial score (nSPS) is 29.6. The fourth-order valence-electron chi connectivity index (χ4n) is 2.87. The van der Waals surface area contributed by atoms with Crippen molar-refractivity contribution in [1.82, 2.24) is 10.2 Å². The molecule has 1 saturated heterocycles. The first-order valence-corrected chi connectivity index (χ1v) is 8.03. The first kappa shape index (κ1) is 15.0. The number of nitrogens with one attached hydrogen (secondary N) is 1. The van der Waals surface area contributed by atoms with Crippen molar-refractivity contribution in [1.29, 1.82) is 0 Å². The number of rotatable bonds is 5. The van der Waals surface area contributed by atoms with Crippen LogP contribution < -0.4 is 5.32 Å². The van der Waals surface area contributed by atoms with Gasteiger partial charge in [-0.2, -0.15) is 0 Å². The molecule has 0 saturated carbocycles. The molecule has 0 radical (unpaired) electrons. The molecular weight excluding hydrogens is 256 g/mol. The Morgan fingerprint density at radius 1 is 1.37 bits per heavy atom. The number of nitrogens with zero attached hydrogens (tertiary/aromatic N) is 1. The lowest BCUT2D eigenvalue weighted by Crippen LogP contribution is -2.44. The summed E-state index contributed by atoms with van der Waals surface area (Å²) in [7, 11) is 4.31. The molecule has 1 N–H and O–H groups in total. The first-order valence-electron chi connectivity index (χ1n) is 7.15. The highest BCUT2D eigenvalue weighted by Gasteiger charge is 2.25. The van der Waals surface area contributed by atoms with Crippen molar-refractivity contribution in [2.75, 3.05) is 20.6 Å². The van der Waals surface area contributed by atoms with Crippen molar-refractivity contribution in [2.24, 2.45) is 0 Å². The minimum Gasteiger partial charge on any atom is -0.375 e. The average Bonchev–Trinajstić information content (AvgIpc) is 2.81. The third-order valence-electron chi connectivity index (χ3n) is 3.79. The van der Waals surface area contributed by atoms with Crippen LogP contribution in [0, 0.1) is 0 Å². The third-order valence-corrected chi connectivity index (χ3v) is 4.77. The molecule has 0 bridgehead atoms. The highest BCUT2D eigenvalue weighted by molar-refractivity contribution is 7.10. The van der Waals surface area contributed by atoms with Gasteiger partial charge in [-0.1, -0.05) is 6.07 Å². The van der Waals surface area contributed by atoms with Crippen LogP contribution in [0.3, 0.4) is 0 Å². The summed E-state index contributed by atoms with van der Waals surface area (Å²) in [5.74, 6) is 0. The number of likely N-dealkylation sites (N-methyl/N-ethyl adjacent to an activating group) is 1. The van der Waals surface area contributed by atoms with Gasteiger partial charge in [0.25, 0.3) is 0 Å². The number of thiophene rings is 1. The van der Waals surface area contributed by atoms with Crippen LogP contribution in [0.25, 0.3) is 0 Å². The molecule has 4 heteroatoms. The molecule has 3 unspecified atom stereocenters. The molecule has 0 aromatic carbocycles. The second-order valence-electron chi connectivity index (χ2n) is 5.83. The van der Waals surface area contributed by atoms with Crippen LogP contribution >= 0.6 is 11.3 Å². The smallest absolute Gasteiger partial charge is 0.0565 e. The Morgan fingerprint density at radius 2 is 2.05 bits per heavy atom. The van der Waals surface area contributed by atoms with Gasteiger partial charge in [-0.15, -0.1) is 11.3 Å². The quantitative estimate of drug-likeness (QED) is 0.899. The van der Waals surface area contributed by atoms with Gasteiger partial charge >= 0.3 is 0 Å².